The number of hydrogen-bond acceptors (Lipinski definition) is 4. The van der Waals surface area contributed by atoms with Crippen molar-refractivity contribution in [2.45, 2.75) is 13.3 Å². The Kier molecular flexibility index (Phi) is 6.99. The number of hydrogen-bond donors (Lipinski definition) is 1. The summed E-state index contributed by atoms with van der Waals surface area (Å²) in [7, 11) is 0. The van der Waals surface area contributed by atoms with E-state index in [1.54, 1.807) is 17.9 Å². The molecule has 1 saturated heterocycles. The normalized spacial score (nSPS) is 15.2. The maximum absolute atomic E-state index is 13.7. The molecule has 0 saturated carbocycles. The van der Waals surface area contributed by atoms with Crippen LogP contribution >= 0.6 is 15.9 Å². The number of amides is 2. The zero-order valence-electron chi connectivity index (χ0n) is 13.6. The molecule has 0 spiro atoms. The van der Waals surface area contributed by atoms with Gasteiger partial charge in [0.2, 0.25) is 5.91 Å². The number of halogens is 2. The molecular weight excluding hydrogens is 381 g/mol. The van der Waals surface area contributed by atoms with Crippen molar-refractivity contribution in [1.29, 1.82) is 0 Å². The van der Waals surface area contributed by atoms with E-state index in [2.05, 4.69) is 26.1 Å². The minimum Gasteiger partial charge on any atom is -0.450 e. The lowest BCUT2D eigenvalue weighted by atomic mass is 10.2. The molecule has 1 aromatic rings. The van der Waals surface area contributed by atoms with Crippen LogP contribution in [-0.4, -0.2) is 61.1 Å². The van der Waals surface area contributed by atoms with Gasteiger partial charge in [-0.3, -0.25) is 9.69 Å². The van der Waals surface area contributed by atoms with Crippen LogP contribution in [0, 0.1) is 5.82 Å². The minimum atomic E-state index is -0.472. The van der Waals surface area contributed by atoms with Crippen molar-refractivity contribution in [3.8, 4) is 0 Å². The minimum absolute atomic E-state index is 0.176. The standard InChI is InChI=1S/C16H21BrFN3O3/c1-2-24-16(23)21-9-7-20(8-10-21)6-5-15(22)19-14-4-3-12(17)11-13(14)18/h3-4,11H,2,5-10H2,1H3,(H,19,22). The number of piperazine rings is 1. The number of anilines is 1. The van der Waals surface area contributed by atoms with Crippen molar-refractivity contribution in [3.63, 3.8) is 0 Å². The van der Waals surface area contributed by atoms with Gasteiger partial charge in [-0.1, -0.05) is 15.9 Å². The summed E-state index contributed by atoms with van der Waals surface area (Å²) in [5.74, 6) is -0.704. The van der Waals surface area contributed by atoms with Gasteiger partial charge in [0.15, 0.2) is 0 Å². The van der Waals surface area contributed by atoms with Crippen LogP contribution in [0.3, 0.4) is 0 Å². The fourth-order valence-electron chi connectivity index (χ4n) is 2.43. The van der Waals surface area contributed by atoms with Gasteiger partial charge >= 0.3 is 6.09 Å². The number of nitrogens with one attached hydrogen (secondary N) is 1. The second kappa shape index (κ2) is 8.98. The van der Waals surface area contributed by atoms with E-state index in [9.17, 15) is 14.0 Å². The van der Waals surface area contributed by atoms with Crippen molar-refractivity contribution in [2.24, 2.45) is 0 Å². The fourth-order valence-corrected chi connectivity index (χ4v) is 2.77. The molecule has 1 aliphatic rings. The molecule has 1 aromatic carbocycles. The van der Waals surface area contributed by atoms with E-state index in [0.717, 1.165) is 0 Å². The Morgan fingerprint density at radius 2 is 2.00 bits per heavy atom. The van der Waals surface area contributed by atoms with Gasteiger partial charge in [0, 0.05) is 43.6 Å². The van der Waals surface area contributed by atoms with Crippen LogP contribution < -0.4 is 5.32 Å². The lowest BCUT2D eigenvalue weighted by Crippen LogP contribution is -2.49. The Morgan fingerprint density at radius 3 is 2.62 bits per heavy atom. The Bertz CT molecular complexity index is 592. The monoisotopic (exact) mass is 401 g/mol. The van der Waals surface area contributed by atoms with Gasteiger partial charge in [0.1, 0.15) is 5.82 Å². The Labute approximate surface area is 149 Å². The molecule has 0 radical (unpaired) electrons. The first-order valence-electron chi connectivity index (χ1n) is 7.88. The van der Waals surface area contributed by atoms with Gasteiger partial charge in [-0.15, -0.1) is 0 Å². The van der Waals surface area contributed by atoms with Gasteiger partial charge in [-0.2, -0.15) is 0 Å². The van der Waals surface area contributed by atoms with Crippen molar-refractivity contribution in [3.05, 3.63) is 28.5 Å². The Hall–Kier alpha value is -1.67. The van der Waals surface area contributed by atoms with E-state index in [0.29, 0.717) is 43.8 Å². The van der Waals surface area contributed by atoms with E-state index in [-0.39, 0.29) is 24.1 Å². The Balaban J connectivity index is 1.72. The van der Waals surface area contributed by atoms with Crippen LogP contribution in [0.25, 0.3) is 0 Å². The van der Waals surface area contributed by atoms with Crippen LogP contribution in [0.15, 0.2) is 22.7 Å². The molecule has 8 heteroatoms. The number of rotatable bonds is 5. The molecule has 0 aromatic heterocycles. The SMILES string of the molecule is CCOC(=O)N1CCN(CCC(=O)Nc2ccc(Br)cc2F)CC1. The highest BCUT2D eigenvalue weighted by atomic mass is 79.9. The molecule has 0 atom stereocenters. The molecule has 1 fully saturated rings. The summed E-state index contributed by atoms with van der Waals surface area (Å²) in [5, 5.41) is 2.57. The molecule has 132 valence electrons. The predicted octanol–water partition coefficient (Wildman–Crippen LogP) is 2.69. The number of benzene rings is 1. The first-order chi connectivity index (χ1) is 11.5. The van der Waals surface area contributed by atoms with Gasteiger partial charge < -0.3 is 15.0 Å². The smallest absolute Gasteiger partial charge is 0.409 e. The van der Waals surface area contributed by atoms with Crippen molar-refractivity contribution < 1.29 is 18.7 Å². The summed E-state index contributed by atoms with van der Waals surface area (Å²) in [6, 6.07) is 4.51. The Morgan fingerprint density at radius 1 is 1.29 bits per heavy atom. The summed E-state index contributed by atoms with van der Waals surface area (Å²) < 4.78 is 19.3. The molecule has 6 nitrogen and oxygen atoms in total. The summed E-state index contributed by atoms with van der Waals surface area (Å²) in [4.78, 5) is 27.3. The molecule has 1 aliphatic heterocycles. The van der Waals surface area contributed by atoms with Crippen LogP contribution in [0.4, 0.5) is 14.9 Å². The summed E-state index contributed by atoms with van der Waals surface area (Å²) >= 11 is 3.17. The maximum Gasteiger partial charge on any atom is 0.409 e. The van der Waals surface area contributed by atoms with Crippen molar-refractivity contribution >= 4 is 33.6 Å². The number of carbonyl (C=O) groups is 2. The summed E-state index contributed by atoms with van der Waals surface area (Å²) in [5.41, 5.74) is 0.176. The molecule has 24 heavy (non-hydrogen) atoms. The predicted molar refractivity (Wildman–Crippen MR) is 92.4 cm³/mol. The lowest BCUT2D eigenvalue weighted by molar-refractivity contribution is -0.116. The van der Waals surface area contributed by atoms with Crippen LogP contribution in [-0.2, 0) is 9.53 Å². The molecule has 0 bridgehead atoms. The van der Waals surface area contributed by atoms with Crippen molar-refractivity contribution in [1.82, 2.24) is 9.80 Å². The molecule has 2 rings (SSSR count). The quantitative estimate of drug-likeness (QED) is 0.823. The number of ether oxygens (including phenoxy) is 1. The first-order valence-corrected chi connectivity index (χ1v) is 8.68. The highest BCUT2D eigenvalue weighted by Crippen LogP contribution is 2.19. The topological polar surface area (TPSA) is 61.9 Å². The maximum atomic E-state index is 13.7. The lowest BCUT2D eigenvalue weighted by Gasteiger charge is -2.33. The fraction of sp³-hybridized carbons (Fsp3) is 0.500. The molecule has 0 unspecified atom stereocenters. The highest BCUT2D eigenvalue weighted by molar-refractivity contribution is 9.10. The summed E-state index contributed by atoms with van der Waals surface area (Å²) in [6.45, 7) is 5.27. The summed E-state index contributed by atoms with van der Waals surface area (Å²) in [6.07, 6.45) is -0.0184. The van der Waals surface area contributed by atoms with E-state index in [4.69, 9.17) is 4.74 Å². The van der Waals surface area contributed by atoms with Crippen LogP contribution in [0.5, 0.6) is 0 Å². The molecule has 1 heterocycles. The average Bonchev–Trinajstić information content (AvgIpc) is 2.56. The zero-order chi connectivity index (χ0) is 17.5. The van der Waals surface area contributed by atoms with Gasteiger partial charge in [0.05, 0.1) is 12.3 Å². The van der Waals surface area contributed by atoms with E-state index in [1.165, 1.54) is 12.1 Å². The number of nitrogens with zero attached hydrogens (tertiary/aromatic N) is 2. The zero-order valence-corrected chi connectivity index (χ0v) is 15.1. The molecular formula is C16H21BrFN3O3. The molecule has 1 N–H and O–H groups in total. The van der Waals surface area contributed by atoms with Crippen molar-refractivity contribution in [2.75, 3.05) is 44.6 Å². The second-order valence-corrected chi connectivity index (χ2v) is 6.37. The van der Waals surface area contributed by atoms with Crippen LogP contribution in [0.1, 0.15) is 13.3 Å². The average molecular weight is 402 g/mol. The molecule has 2 amide bonds. The van der Waals surface area contributed by atoms with Gasteiger partial charge in [0.25, 0.3) is 0 Å². The highest BCUT2D eigenvalue weighted by Gasteiger charge is 2.22. The third-order valence-corrected chi connectivity index (χ3v) is 4.25. The first kappa shape index (κ1) is 18.7. The third kappa shape index (κ3) is 5.45. The van der Waals surface area contributed by atoms with Gasteiger partial charge in [-0.05, 0) is 25.1 Å². The van der Waals surface area contributed by atoms with E-state index >= 15 is 0 Å². The number of carbonyl (C=O) groups excluding carboxylic acids is 2. The second-order valence-electron chi connectivity index (χ2n) is 5.45. The van der Waals surface area contributed by atoms with E-state index in [1.807, 2.05) is 0 Å². The third-order valence-electron chi connectivity index (χ3n) is 3.76. The molecule has 0 aliphatic carbocycles. The van der Waals surface area contributed by atoms with Crippen LogP contribution in [0.2, 0.25) is 0 Å². The van der Waals surface area contributed by atoms with E-state index < -0.39 is 5.82 Å². The largest absolute Gasteiger partial charge is 0.450 e. The van der Waals surface area contributed by atoms with Gasteiger partial charge in [-0.25, -0.2) is 9.18 Å².